The van der Waals surface area contributed by atoms with Gasteiger partial charge in [-0.15, -0.1) is 0 Å². The minimum Gasteiger partial charge on any atom is -0.480 e. The number of para-hydroxylation sites is 1. The highest BCUT2D eigenvalue weighted by atomic mass is 16.4. The van der Waals surface area contributed by atoms with Crippen LogP contribution in [0.1, 0.15) is 20.3 Å². The van der Waals surface area contributed by atoms with E-state index in [1.807, 2.05) is 50.2 Å². The molecule has 0 aliphatic carbocycles. The molecule has 6 nitrogen and oxygen atoms in total. The van der Waals surface area contributed by atoms with Gasteiger partial charge < -0.3 is 10.4 Å². The number of anilines is 1. The number of hydrogen-bond donors (Lipinski definition) is 2. The van der Waals surface area contributed by atoms with Crippen molar-refractivity contribution in [2.45, 2.75) is 26.3 Å². The highest BCUT2D eigenvalue weighted by Crippen LogP contribution is 2.25. The molecule has 1 unspecified atom stereocenters. The van der Waals surface area contributed by atoms with E-state index in [9.17, 15) is 9.90 Å². The molecule has 0 spiro atoms. The Labute approximate surface area is 146 Å². The van der Waals surface area contributed by atoms with Crippen molar-refractivity contribution in [3.63, 3.8) is 0 Å². The Morgan fingerprint density at radius 1 is 1.16 bits per heavy atom. The third-order valence-corrected chi connectivity index (χ3v) is 3.84. The summed E-state index contributed by atoms with van der Waals surface area (Å²) in [5.41, 5.74) is 1.54. The van der Waals surface area contributed by atoms with E-state index in [2.05, 4.69) is 20.3 Å². The molecule has 0 radical (unpaired) electrons. The minimum atomic E-state index is -0.890. The number of pyridine rings is 1. The second kappa shape index (κ2) is 7.25. The first-order valence-electron chi connectivity index (χ1n) is 8.21. The van der Waals surface area contributed by atoms with Crippen molar-refractivity contribution in [3.05, 3.63) is 48.8 Å². The van der Waals surface area contributed by atoms with Crippen LogP contribution >= 0.6 is 0 Å². The first-order valence-corrected chi connectivity index (χ1v) is 8.21. The van der Waals surface area contributed by atoms with Crippen LogP contribution in [0.4, 0.5) is 5.82 Å². The molecule has 1 atom stereocenters. The molecule has 0 bridgehead atoms. The van der Waals surface area contributed by atoms with E-state index < -0.39 is 12.0 Å². The lowest BCUT2D eigenvalue weighted by atomic mass is 10.0. The summed E-state index contributed by atoms with van der Waals surface area (Å²) < 4.78 is 0. The molecule has 0 saturated carbocycles. The Morgan fingerprint density at radius 3 is 2.64 bits per heavy atom. The monoisotopic (exact) mass is 336 g/mol. The minimum absolute atomic E-state index is 0.250. The van der Waals surface area contributed by atoms with Crippen molar-refractivity contribution in [2.24, 2.45) is 5.92 Å². The van der Waals surface area contributed by atoms with Gasteiger partial charge in [-0.3, -0.25) is 4.98 Å². The SMILES string of the molecule is CC(C)CC(Nc1nc(-c2cccnc2)nc2ccccc12)C(=O)O. The predicted molar refractivity (Wildman–Crippen MR) is 97.3 cm³/mol. The fourth-order valence-corrected chi connectivity index (χ4v) is 2.67. The van der Waals surface area contributed by atoms with Gasteiger partial charge >= 0.3 is 5.97 Å². The summed E-state index contributed by atoms with van der Waals surface area (Å²) in [5, 5.41) is 13.4. The second-order valence-electron chi connectivity index (χ2n) is 6.32. The zero-order valence-electron chi connectivity index (χ0n) is 14.2. The molecule has 2 aromatic heterocycles. The van der Waals surface area contributed by atoms with E-state index in [-0.39, 0.29) is 5.92 Å². The zero-order valence-corrected chi connectivity index (χ0v) is 14.2. The molecular formula is C19H20N4O2. The van der Waals surface area contributed by atoms with E-state index in [4.69, 9.17) is 0 Å². The second-order valence-corrected chi connectivity index (χ2v) is 6.32. The maximum Gasteiger partial charge on any atom is 0.326 e. The average Bonchev–Trinajstić information content (AvgIpc) is 2.61. The number of aromatic nitrogens is 3. The third kappa shape index (κ3) is 3.91. The molecule has 0 fully saturated rings. The molecule has 0 aliphatic heterocycles. The molecule has 6 heteroatoms. The van der Waals surface area contributed by atoms with E-state index in [0.29, 0.717) is 18.1 Å². The summed E-state index contributed by atoms with van der Waals surface area (Å²) in [6.07, 6.45) is 3.89. The first-order chi connectivity index (χ1) is 12.0. The molecule has 0 aliphatic rings. The van der Waals surface area contributed by atoms with Gasteiger partial charge in [-0.1, -0.05) is 26.0 Å². The van der Waals surface area contributed by atoms with E-state index in [1.54, 1.807) is 12.4 Å². The highest BCUT2D eigenvalue weighted by Gasteiger charge is 2.21. The van der Waals surface area contributed by atoms with Gasteiger partial charge in [0.2, 0.25) is 0 Å². The number of carboxylic acid groups (broad SMARTS) is 1. The quantitative estimate of drug-likeness (QED) is 0.715. The normalized spacial score (nSPS) is 12.3. The third-order valence-electron chi connectivity index (χ3n) is 3.84. The lowest BCUT2D eigenvalue weighted by Gasteiger charge is -2.18. The Morgan fingerprint density at radius 2 is 1.96 bits per heavy atom. The van der Waals surface area contributed by atoms with Gasteiger partial charge in [0, 0.05) is 23.3 Å². The fraction of sp³-hybridized carbons (Fsp3) is 0.263. The Balaban J connectivity index is 2.07. The molecule has 3 aromatic rings. The van der Waals surface area contributed by atoms with Crippen LogP contribution in [0.25, 0.3) is 22.3 Å². The summed E-state index contributed by atoms with van der Waals surface area (Å²) >= 11 is 0. The highest BCUT2D eigenvalue weighted by molar-refractivity contribution is 5.92. The molecule has 2 N–H and O–H groups in total. The molecule has 2 heterocycles. The van der Waals surface area contributed by atoms with Crippen molar-refractivity contribution in [3.8, 4) is 11.4 Å². The van der Waals surface area contributed by atoms with Crippen molar-refractivity contribution in [1.82, 2.24) is 15.0 Å². The number of nitrogens with zero attached hydrogens (tertiary/aromatic N) is 3. The van der Waals surface area contributed by atoms with Crippen LogP contribution in [-0.4, -0.2) is 32.1 Å². The van der Waals surface area contributed by atoms with Crippen LogP contribution < -0.4 is 5.32 Å². The van der Waals surface area contributed by atoms with Gasteiger partial charge in [0.25, 0.3) is 0 Å². The van der Waals surface area contributed by atoms with Gasteiger partial charge in [0.1, 0.15) is 11.9 Å². The Bertz CT molecular complexity index is 881. The van der Waals surface area contributed by atoms with Crippen molar-refractivity contribution in [2.75, 3.05) is 5.32 Å². The molecule has 1 aromatic carbocycles. The number of nitrogens with one attached hydrogen (secondary N) is 1. The number of aliphatic carboxylic acids is 1. The molecule has 0 amide bonds. The van der Waals surface area contributed by atoms with Crippen molar-refractivity contribution < 1.29 is 9.90 Å². The topological polar surface area (TPSA) is 88.0 Å². The van der Waals surface area contributed by atoms with Crippen LogP contribution in [-0.2, 0) is 4.79 Å². The van der Waals surface area contributed by atoms with E-state index in [0.717, 1.165) is 16.5 Å². The van der Waals surface area contributed by atoms with Gasteiger partial charge in [0.15, 0.2) is 5.82 Å². The van der Waals surface area contributed by atoms with Crippen molar-refractivity contribution in [1.29, 1.82) is 0 Å². The summed E-state index contributed by atoms with van der Waals surface area (Å²) in [4.78, 5) is 24.9. The van der Waals surface area contributed by atoms with Gasteiger partial charge in [-0.2, -0.15) is 0 Å². The lowest BCUT2D eigenvalue weighted by Crippen LogP contribution is -2.31. The van der Waals surface area contributed by atoms with Crippen LogP contribution in [0.3, 0.4) is 0 Å². The molecule has 25 heavy (non-hydrogen) atoms. The summed E-state index contributed by atoms with van der Waals surface area (Å²) in [6.45, 7) is 3.99. The molecule has 3 rings (SSSR count). The van der Waals surface area contributed by atoms with Crippen LogP contribution in [0.15, 0.2) is 48.8 Å². The number of rotatable bonds is 6. The first kappa shape index (κ1) is 16.8. The maximum atomic E-state index is 11.6. The van der Waals surface area contributed by atoms with Gasteiger partial charge in [0.05, 0.1) is 5.52 Å². The number of hydrogen-bond acceptors (Lipinski definition) is 5. The summed E-state index contributed by atoms with van der Waals surface area (Å²) in [7, 11) is 0. The number of carbonyl (C=O) groups is 1. The largest absolute Gasteiger partial charge is 0.480 e. The molecular weight excluding hydrogens is 316 g/mol. The average molecular weight is 336 g/mol. The number of fused-ring (bicyclic) bond motifs is 1. The lowest BCUT2D eigenvalue weighted by molar-refractivity contribution is -0.138. The Hall–Kier alpha value is -3.02. The van der Waals surface area contributed by atoms with Gasteiger partial charge in [-0.05, 0) is 36.6 Å². The van der Waals surface area contributed by atoms with Crippen LogP contribution in [0.5, 0.6) is 0 Å². The molecule has 0 saturated heterocycles. The fourth-order valence-electron chi connectivity index (χ4n) is 2.67. The Kier molecular flexibility index (Phi) is 4.88. The summed E-state index contributed by atoms with van der Waals surface area (Å²) in [5.74, 6) is 0.402. The van der Waals surface area contributed by atoms with Crippen LogP contribution in [0, 0.1) is 5.92 Å². The van der Waals surface area contributed by atoms with E-state index in [1.165, 1.54) is 0 Å². The smallest absolute Gasteiger partial charge is 0.326 e. The van der Waals surface area contributed by atoms with Crippen LogP contribution in [0.2, 0.25) is 0 Å². The maximum absolute atomic E-state index is 11.6. The summed E-state index contributed by atoms with van der Waals surface area (Å²) in [6, 6.07) is 10.6. The zero-order chi connectivity index (χ0) is 17.8. The standard InChI is InChI=1S/C19H20N4O2/c1-12(2)10-16(19(24)25)22-18-14-7-3-4-8-15(14)21-17(23-18)13-6-5-9-20-11-13/h3-9,11-12,16H,10H2,1-2H3,(H,24,25)(H,21,22,23). The molecule has 128 valence electrons. The number of benzene rings is 1. The number of carboxylic acids is 1. The van der Waals surface area contributed by atoms with Crippen molar-refractivity contribution >= 4 is 22.7 Å². The van der Waals surface area contributed by atoms with Gasteiger partial charge in [-0.25, -0.2) is 14.8 Å². The predicted octanol–water partition coefficient (Wildman–Crippen LogP) is 3.60. The van der Waals surface area contributed by atoms with E-state index >= 15 is 0 Å².